The number of aliphatic imine (C=N–C) groups is 1. The number of para-hydroxylation sites is 1. The zero-order valence-electron chi connectivity index (χ0n) is 15.7. The minimum atomic E-state index is -0.115. The number of benzene rings is 1. The Morgan fingerprint density at radius 3 is 2.52 bits per heavy atom. The second kappa shape index (κ2) is 11.0. The molecule has 1 aromatic carbocycles. The van der Waals surface area contributed by atoms with Crippen molar-refractivity contribution >= 4 is 11.6 Å². The molecule has 0 spiro atoms. The van der Waals surface area contributed by atoms with Crippen LogP contribution in [0.4, 0.5) is 5.69 Å². The van der Waals surface area contributed by atoms with E-state index in [2.05, 4.69) is 59.7 Å². The Bertz CT molecular complexity index is 498. The summed E-state index contributed by atoms with van der Waals surface area (Å²) in [5.41, 5.74) is 1.28. The first-order valence-corrected chi connectivity index (χ1v) is 9.75. The second-order valence-corrected chi connectivity index (χ2v) is 6.68. The topological polar surface area (TPSA) is 59.9 Å². The number of anilines is 1. The van der Waals surface area contributed by atoms with Crippen LogP contribution >= 0.6 is 0 Å². The summed E-state index contributed by atoms with van der Waals surface area (Å²) in [5, 5.41) is 16.5. The highest BCUT2D eigenvalue weighted by Crippen LogP contribution is 2.18. The van der Waals surface area contributed by atoms with E-state index in [-0.39, 0.29) is 6.10 Å². The maximum absolute atomic E-state index is 9.63. The molecular weight excluding hydrogens is 312 g/mol. The van der Waals surface area contributed by atoms with Crippen LogP contribution in [-0.2, 0) is 0 Å². The first-order chi connectivity index (χ1) is 12.2. The smallest absolute Gasteiger partial charge is 0.191 e. The van der Waals surface area contributed by atoms with Crippen molar-refractivity contribution in [1.29, 1.82) is 0 Å². The van der Waals surface area contributed by atoms with Gasteiger partial charge in [0.2, 0.25) is 0 Å². The number of nitrogens with zero attached hydrogens (tertiary/aromatic N) is 2. The molecule has 0 heterocycles. The molecule has 0 bridgehead atoms. The molecule has 1 saturated carbocycles. The molecule has 2 rings (SSSR count). The van der Waals surface area contributed by atoms with Gasteiger partial charge in [0.1, 0.15) is 0 Å². The van der Waals surface area contributed by atoms with Gasteiger partial charge in [-0.25, -0.2) is 0 Å². The maximum Gasteiger partial charge on any atom is 0.191 e. The Morgan fingerprint density at radius 1 is 1.16 bits per heavy atom. The first kappa shape index (κ1) is 19.6. The van der Waals surface area contributed by atoms with Crippen LogP contribution in [0.15, 0.2) is 35.3 Å². The van der Waals surface area contributed by atoms with Gasteiger partial charge < -0.3 is 20.6 Å². The minimum Gasteiger partial charge on any atom is -0.393 e. The Balaban J connectivity index is 1.78. The third-order valence-corrected chi connectivity index (χ3v) is 4.74. The molecule has 3 N–H and O–H groups in total. The zero-order chi connectivity index (χ0) is 17.9. The van der Waals surface area contributed by atoms with Gasteiger partial charge in [-0.1, -0.05) is 18.2 Å². The number of aliphatic hydroxyl groups excluding tert-OH is 1. The lowest BCUT2D eigenvalue weighted by Crippen LogP contribution is -2.45. The Kier molecular flexibility index (Phi) is 8.60. The maximum atomic E-state index is 9.63. The van der Waals surface area contributed by atoms with E-state index in [0.29, 0.717) is 6.04 Å². The average Bonchev–Trinajstić information content (AvgIpc) is 2.64. The molecule has 1 fully saturated rings. The molecule has 5 heteroatoms. The monoisotopic (exact) mass is 346 g/mol. The molecule has 0 aromatic heterocycles. The highest BCUT2D eigenvalue weighted by Gasteiger charge is 2.19. The molecule has 0 atom stereocenters. The van der Waals surface area contributed by atoms with E-state index < -0.39 is 0 Å². The van der Waals surface area contributed by atoms with Crippen LogP contribution < -0.4 is 15.5 Å². The van der Waals surface area contributed by atoms with Crippen LogP contribution in [0.5, 0.6) is 0 Å². The highest BCUT2D eigenvalue weighted by atomic mass is 16.3. The normalized spacial score (nSPS) is 21.0. The number of nitrogens with one attached hydrogen (secondary N) is 2. The van der Waals surface area contributed by atoms with Gasteiger partial charge in [0.25, 0.3) is 0 Å². The minimum absolute atomic E-state index is 0.115. The van der Waals surface area contributed by atoms with Gasteiger partial charge in [0.15, 0.2) is 5.96 Å². The van der Waals surface area contributed by atoms with Crippen LogP contribution in [-0.4, -0.2) is 49.4 Å². The molecule has 0 radical (unpaired) electrons. The van der Waals surface area contributed by atoms with E-state index in [1.165, 1.54) is 5.69 Å². The van der Waals surface area contributed by atoms with E-state index in [1.807, 2.05) is 0 Å². The van der Waals surface area contributed by atoms with Crippen molar-refractivity contribution in [1.82, 2.24) is 10.6 Å². The molecule has 1 aromatic rings. The van der Waals surface area contributed by atoms with Gasteiger partial charge in [-0.05, 0) is 58.1 Å². The van der Waals surface area contributed by atoms with E-state index in [0.717, 1.165) is 64.2 Å². The van der Waals surface area contributed by atoms with Crippen molar-refractivity contribution < 1.29 is 5.11 Å². The Morgan fingerprint density at radius 2 is 1.88 bits per heavy atom. The summed E-state index contributed by atoms with van der Waals surface area (Å²) in [4.78, 5) is 7.12. The molecule has 0 aliphatic heterocycles. The highest BCUT2D eigenvalue weighted by molar-refractivity contribution is 5.80. The molecule has 1 aliphatic carbocycles. The quantitative estimate of drug-likeness (QED) is 0.385. The summed E-state index contributed by atoms with van der Waals surface area (Å²) in [6, 6.07) is 11.0. The lowest BCUT2D eigenvalue weighted by Gasteiger charge is -2.27. The van der Waals surface area contributed by atoms with Crippen molar-refractivity contribution in [3.05, 3.63) is 30.3 Å². The van der Waals surface area contributed by atoms with Crippen molar-refractivity contribution in [2.24, 2.45) is 4.99 Å². The summed E-state index contributed by atoms with van der Waals surface area (Å²) in [5.74, 6) is 0.909. The molecule has 0 saturated heterocycles. The lowest BCUT2D eigenvalue weighted by atomic mass is 9.93. The van der Waals surface area contributed by atoms with Gasteiger partial charge in [0, 0.05) is 37.9 Å². The van der Waals surface area contributed by atoms with E-state index in [9.17, 15) is 5.11 Å². The van der Waals surface area contributed by atoms with Crippen LogP contribution in [0.25, 0.3) is 0 Å². The SMILES string of the molecule is CCNC(=NCCCN(CC)c1ccccc1)NC1CCC(O)CC1. The van der Waals surface area contributed by atoms with Gasteiger partial charge >= 0.3 is 0 Å². The molecular formula is C20H34N4O. The standard InChI is InChI=1S/C20H34N4O/c1-3-21-20(23-17-11-13-19(25)14-12-17)22-15-8-16-24(4-2)18-9-6-5-7-10-18/h5-7,9-10,17,19,25H,3-4,8,11-16H2,1-2H3,(H2,21,22,23). The third kappa shape index (κ3) is 6.94. The van der Waals surface area contributed by atoms with Crippen molar-refractivity contribution in [3.8, 4) is 0 Å². The van der Waals surface area contributed by atoms with E-state index >= 15 is 0 Å². The molecule has 0 unspecified atom stereocenters. The van der Waals surface area contributed by atoms with E-state index in [4.69, 9.17) is 4.99 Å². The lowest BCUT2D eigenvalue weighted by molar-refractivity contribution is 0.120. The second-order valence-electron chi connectivity index (χ2n) is 6.68. The summed E-state index contributed by atoms with van der Waals surface area (Å²) in [7, 11) is 0. The van der Waals surface area contributed by atoms with Crippen molar-refractivity contribution in [2.45, 2.75) is 58.1 Å². The van der Waals surface area contributed by atoms with Gasteiger partial charge in [-0.15, -0.1) is 0 Å². The number of guanidine groups is 1. The molecule has 1 aliphatic rings. The number of aliphatic hydroxyl groups is 1. The number of rotatable bonds is 8. The van der Waals surface area contributed by atoms with Crippen LogP contribution in [0.2, 0.25) is 0 Å². The average molecular weight is 347 g/mol. The van der Waals surface area contributed by atoms with Crippen molar-refractivity contribution in [3.63, 3.8) is 0 Å². The van der Waals surface area contributed by atoms with E-state index in [1.54, 1.807) is 0 Å². The van der Waals surface area contributed by atoms with Crippen LogP contribution in [0.3, 0.4) is 0 Å². The summed E-state index contributed by atoms with van der Waals surface area (Å²) < 4.78 is 0. The number of hydrogen-bond donors (Lipinski definition) is 3. The predicted molar refractivity (Wildman–Crippen MR) is 106 cm³/mol. The predicted octanol–water partition coefficient (Wildman–Crippen LogP) is 2.76. The largest absolute Gasteiger partial charge is 0.393 e. The van der Waals surface area contributed by atoms with Gasteiger partial charge in [-0.2, -0.15) is 0 Å². The number of hydrogen-bond acceptors (Lipinski definition) is 3. The van der Waals surface area contributed by atoms with Crippen LogP contribution in [0.1, 0.15) is 46.0 Å². The summed E-state index contributed by atoms with van der Waals surface area (Å²) in [6.45, 7) is 7.99. The Labute approximate surface area is 152 Å². The molecule has 0 amide bonds. The zero-order valence-corrected chi connectivity index (χ0v) is 15.7. The Hall–Kier alpha value is -1.75. The third-order valence-electron chi connectivity index (χ3n) is 4.74. The van der Waals surface area contributed by atoms with Crippen molar-refractivity contribution in [2.75, 3.05) is 31.1 Å². The summed E-state index contributed by atoms with van der Waals surface area (Å²) in [6.07, 6.45) is 4.73. The van der Waals surface area contributed by atoms with Gasteiger partial charge in [-0.3, -0.25) is 4.99 Å². The molecule has 140 valence electrons. The fourth-order valence-electron chi connectivity index (χ4n) is 3.29. The fraction of sp³-hybridized carbons (Fsp3) is 0.650. The fourth-order valence-corrected chi connectivity index (χ4v) is 3.29. The summed E-state index contributed by atoms with van der Waals surface area (Å²) >= 11 is 0. The molecule has 5 nitrogen and oxygen atoms in total. The first-order valence-electron chi connectivity index (χ1n) is 9.75. The van der Waals surface area contributed by atoms with Gasteiger partial charge in [0.05, 0.1) is 6.10 Å². The molecule has 25 heavy (non-hydrogen) atoms. The van der Waals surface area contributed by atoms with Crippen LogP contribution in [0, 0.1) is 0 Å².